The summed E-state index contributed by atoms with van der Waals surface area (Å²) in [4.78, 5) is 4.44. The summed E-state index contributed by atoms with van der Waals surface area (Å²) < 4.78 is 6.03. The van der Waals surface area contributed by atoms with Gasteiger partial charge in [-0.05, 0) is 37.7 Å². The van der Waals surface area contributed by atoms with Crippen LogP contribution in [0.4, 0.5) is 0 Å². The third-order valence-electron chi connectivity index (χ3n) is 4.10. The number of hydrogen-bond acceptors (Lipinski definition) is 3. The van der Waals surface area contributed by atoms with Crippen molar-refractivity contribution < 1.29 is 4.74 Å². The molecule has 0 saturated heterocycles. The number of ether oxygens (including phenoxy) is 1. The predicted molar refractivity (Wildman–Crippen MR) is 82.3 cm³/mol. The lowest BCUT2D eigenvalue weighted by Crippen LogP contribution is -2.12. The Morgan fingerprint density at radius 2 is 2.20 bits per heavy atom. The molecule has 2 aliphatic rings. The number of para-hydroxylation sites is 1. The van der Waals surface area contributed by atoms with Crippen LogP contribution in [-0.2, 0) is 0 Å². The van der Waals surface area contributed by atoms with Crippen LogP contribution in [0.2, 0.25) is 0 Å². The minimum Gasteiger partial charge on any atom is -0.493 e. The van der Waals surface area contributed by atoms with Crippen LogP contribution in [0.5, 0.6) is 5.75 Å². The Labute approximate surface area is 120 Å². The Balaban J connectivity index is 1.56. The lowest BCUT2D eigenvalue weighted by atomic mass is 9.92. The molecule has 20 heavy (non-hydrogen) atoms. The number of benzene rings is 1. The SMILES string of the molecule is C1=CCC(CCOc2ccccc2C2CNC=N2)CC1. The Morgan fingerprint density at radius 3 is 3.00 bits per heavy atom. The van der Waals surface area contributed by atoms with Crippen LogP contribution in [0.1, 0.15) is 37.3 Å². The quantitative estimate of drug-likeness (QED) is 0.831. The second-order valence-electron chi connectivity index (χ2n) is 5.53. The number of allylic oxidation sites excluding steroid dienone is 2. The van der Waals surface area contributed by atoms with E-state index in [1.54, 1.807) is 6.34 Å². The number of nitrogens with zero attached hydrogens (tertiary/aromatic N) is 1. The fourth-order valence-electron chi connectivity index (χ4n) is 2.89. The highest BCUT2D eigenvalue weighted by molar-refractivity contribution is 5.58. The lowest BCUT2D eigenvalue weighted by molar-refractivity contribution is 0.267. The molecule has 0 spiro atoms. The van der Waals surface area contributed by atoms with Gasteiger partial charge in [-0.15, -0.1) is 0 Å². The van der Waals surface area contributed by atoms with Crippen molar-refractivity contribution in [2.45, 2.75) is 31.7 Å². The summed E-state index contributed by atoms with van der Waals surface area (Å²) in [7, 11) is 0. The highest BCUT2D eigenvalue weighted by atomic mass is 16.5. The first-order valence-corrected chi connectivity index (χ1v) is 7.55. The van der Waals surface area contributed by atoms with E-state index in [0.29, 0.717) is 0 Å². The maximum Gasteiger partial charge on any atom is 0.124 e. The third kappa shape index (κ3) is 3.21. The number of aliphatic imine (C=N–C) groups is 1. The molecule has 0 aromatic heterocycles. The van der Waals surface area contributed by atoms with Crippen molar-refractivity contribution >= 4 is 6.34 Å². The molecule has 1 N–H and O–H groups in total. The van der Waals surface area contributed by atoms with Crippen LogP contribution < -0.4 is 10.1 Å². The Kier molecular flexibility index (Phi) is 4.36. The van der Waals surface area contributed by atoms with Gasteiger partial charge in [0.15, 0.2) is 0 Å². The van der Waals surface area contributed by atoms with Crippen LogP contribution in [0.25, 0.3) is 0 Å². The Bertz CT molecular complexity index is 496. The second kappa shape index (κ2) is 6.60. The summed E-state index contributed by atoms with van der Waals surface area (Å²) in [6, 6.07) is 8.47. The first-order valence-electron chi connectivity index (χ1n) is 7.55. The van der Waals surface area contributed by atoms with Crippen LogP contribution >= 0.6 is 0 Å². The topological polar surface area (TPSA) is 33.6 Å². The van der Waals surface area contributed by atoms with Crippen LogP contribution in [-0.4, -0.2) is 19.5 Å². The minimum absolute atomic E-state index is 0.198. The number of hydrogen-bond donors (Lipinski definition) is 1. The summed E-state index contributed by atoms with van der Waals surface area (Å²) in [6.07, 6.45) is 11.3. The van der Waals surface area contributed by atoms with Gasteiger partial charge in [-0.3, -0.25) is 4.99 Å². The van der Waals surface area contributed by atoms with Gasteiger partial charge in [0.1, 0.15) is 5.75 Å². The van der Waals surface area contributed by atoms with E-state index in [4.69, 9.17) is 4.74 Å². The summed E-state index contributed by atoms with van der Waals surface area (Å²) >= 11 is 0. The van der Waals surface area contributed by atoms with Gasteiger partial charge in [-0.1, -0.05) is 30.4 Å². The predicted octanol–water partition coefficient (Wildman–Crippen LogP) is 3.48. The molecule has 0 fully saturated rings. The van der Waals surface area contributed by atoms with Gasteiger partial charge in [0.25, 0.3) is 0 Å². The van der Waals surface area contributed by atoms with E-state index in [2.05, 4.69) is 40.7 Å². The highest BCUT2D eigenvalue weighted by Gasteiger charge is 2.17. The van der Waals surface area contributed by atoms with Crippen molar-refractivity contribution in [1.29, 1.82) is 0 Å². The van der Waals surface area contributed by atoms with E-state index >= 15 is 0 Å². The summed E-state index contributed by atoms with van der Waals surface area (Å²) in [5.74, 6) is 1.78. The number of rotatable bonds is 5. The first-order chi connectivity index (χ1) is 9.93. The molecule has 0 amide bonds. The molecular formula is C17H22N2O. The molecule has 3 heteroatoms. The molecule has 1 aromatic rings. The van der Waals surface area contributed by atoms with Crippen molar-refractivity contribution in [3.05, 3.63) is 42.0 Å². The zero-order valence-corrected chi connectivity index (χ0v) is 11.8. The third-order valence-corrected chi connectivity index (χ3v) is 4.10. The smallest absolute Gasteiger partial charge is 0.124 e. The van der Waals surface area contributed by atoms with E-state index in [9.17, 15) is 0 Å². The fraction of sp³-hybridized carbons (Fsp3) is 0.471. The van der Waals surface area contributed by atoms with E-state index in [0.717, 1.165) is 31.2 Å². The molecular weight excluding hydrogens is 248 g/mol. The van der Waals surface area contributed by atoms with E-state index in [1.165, 1.54) is 24.8 Å². The van der Waals surface area contributed by atoms with Gasteiger partial charge >= 0.3 is 0 Å². The molecule has 1 aliphatic heterocycles. The summed E-state index contributed by atoms with van der Waals surface area (Å²) in [5.41, 5.74) is 1.19. The van der Waals surface area contributed by atoms with Crippen molar-refractivity contribution in [2.24, 2.45) is 10.9 Å². The molecule has 3 rings (SSSR count). The van der Waals surface area contributed by atoms with Crippen molar-refractivity contribution in [1.82, 2.24) is 5.32 Å². The average Bonchev–Trinajstić information content (AvgIpc) is 3.03. The highest BCUT2D eigenvalue weighted by Crippen LogP contribution is 2.29. The van der Waals surface area contributed by atoms with Gasteiger partial charge in [-0.25, -0.2) is 0 Å². The molecule has 2 atom stereocenters. The zero-order valence-electron chi connectivity index (χ0n) is 11.8. The monoisotopic (exact) mass is 270 g/mol. The maximum absolute atomic E-state index is 6.03. The second-order valence-corrected chi connectivity index (χ2v) is 5.53. The standard InChI is InChI=1S/C17H22N2O/c1-2-6-14(7-3-1)10-11-20-17-9-5-4-8-15(17)16-12-18-13-19-16/h1-2,4-5,8-9,13-14,16H,3,6-7,10-12H2,(H,18,19). The lowest BCUT2D eigenvalue weighted by Gasteiger charge is -2.19. The van der Waals surface area contributed by atoms with Crippen LogP contribution in [0.15, 0.2) is 41.4 Å². The normalized spacial score (nSPS) is 24.6. The van der Waals surface area contributed by atoms with E-state index in [-0.39, 0.29) is 6.04 Å². The zero-order chi connectivity index (χ0) is 13.6. The molecule has 3 nitrogen and oxygen atoms in total. The van der Waals surface area contributed by atoms with Crippen molar-refractivity contribution in [3.8, 4) is 5.75 Å². The Hall–Kier alpha value is -1.77. The molecule has 2 unspecified atom stereocenters. The average molecular weight is 270 g/mol. The molecule has 0 saturated carbocycles. The van der Waals surface area contributed by atoms with Crippen LogP contribution in [0.3, 0.4) is 0 Å². The van der Waals surface area contributed by atoms with Gasteiger partial charge in [-0.2, -0.15) is 0 Å². The van der Waals surface area contributed by atoms with Gasteiger partial charge in [0, 0.05) is 12.1 Å². The largest absolute Gasteiger partial charge is 0.493 e. The molecule has 0 bridgehead atoms. The molecule has 0 radical (unpaired) electrons. The van der Waals surface area contributed by atoms with Gasteiger partial charge in [0.05, 0.1) is 19.0 Å². The summed E-state index contributed by atoms with van der Waals surface area (Å²) in [6.45, 7) is 1.67. The molecule has 1 aliphatic carbocycles. The number of nitrogens with one attached hydrogen (secondary N) is 1. The van der Waals surface area contributed by atoms with Gasteiger partial charge in [0.2, 0.25) is 0 Å². The maximum atomic E-state index is 6.03. The van der Waals surface area contributed by atoms with E-state index in [1.807, 2.05) is 6.07 Å². The van der Waals surface area contributed by atoms with E-state index < -0.39 is 0 Å². The molecule has 1 aromatic carbocycles. The van der Waals surface area contributed by atoms with Crippen LogP contribution in [0, 0.1) is 5.92 Å². The summed E-state index contributed by atoms with van der Waals surface area (Å²) in [5, 5.41) is 3.15. The molecule has 106 valence electrons. The minimum atomic E-state index is 0.198. The Morgan fingerprint density at radius 1 is 1.25 bits per heavy atom. The first kappa shape index (κ1) is 13.2. The van der Waals surface area contributed by atoms with Crippen molar-refractivity contribution in [3.63, 3.8) is 0 Å². The molecule has 1 heterocycles. The van der Waals surface area contributed by atoms with Gasteiger partial charge < -0.3 is 10.1 Å². The van der Waals surface area contributed by atoms with Crippen molar-refractivity contribution in [2.75, 3.05) is 13.2 Å². The fourth-order valence-corrected chi connectivity index (χ4v) is 2.89.